The molecule has 0 spiro atoms. The van der Waals surface area contributed by atoms with Gasteiger partial charge in [-0.25, -0.2) is 4.79 Å². The smallest absolute Gasteiger partial charge is 0.315 e. The molecule has 0 radical (unpaired) electrons. The number of urea groups is 1. The lowest BCUT2D eigenvalue weighted by Gasteiger charge is -2.33. The molecule has 1 saturated carbocycles. The third kappa shape index (κ3) is 5.62. The number of nitrogens with zero attached hydrogens (tertiary/aromatic N) is 2. The molecule has 1 saturated heterocycles. The Kier molecular flexibility index (Phi) is 7.35. The molecule has 1 heterocycles. The number of rotatable bonds is 5. The highest BCUT2D eigenvalue weighted by Crippen LogP contribution is 2.27. The Morgan fingerprint density at radius 2 is 1.69 bits per heavy atom. The Hall–Kier alpha value is -2.29. The van der Waals surface area contributed by atoms with E-state index in [4.69, 9.17) is 0 Å². The van der Waals surface area contributed by atoms with Gasteiger partial charge in [-0.1, -0.05) is 19.3 Å². The summed E-state index contributed by atoms with van der Waals surface area (Å²) in [6, 6.07) is 4.77. The van der Waals surface area contributed by atoms with E-state index in [2.05, 4.69) is 10.6 Å². The number of benzene rings is 1. The number of thioether (sulfide) groups is 1. The van der Waals surface area contributed by atoms with Crippen LogP contribution in [0, 0.1) is 10.1 Å². The maximum atomic E-state index is 12.9. The van der Waals surface area contributed by atoms with E-state index in [1.54, 1.807) is 17.0 Å². The first-order valence-corrected chi connectivity index (χ1v) is 11.4. The molecule has 2 fully saturated rings. The minimum Gasteiger partial charge on any atom is -0.338 e. The lowest BCUT2D eigenvalue weighted by Crippen LogP contribution is -2.51. The Balaban J connectivity index is 1.54. The number of hydrogen-bond donors (Lipinski definition) is 2. The summed E-state index contributed by atoms with van der Waals surface area (Å²) in [5.74, 6) is -0.322. The van der Waals surface area contributed by atoms with Crippen molar-refractivity contribution in [2.75, 3.05) is 19.3 Å². The van der Waals surface area contributed by atoms with Crippen molar-refractivity contribution >= 4 is 29.4 Å². The predicted molar refractivity (Wildman–Crippen MR) is 112 cm³/mol. The van der Waals surface area contributed by atoms with E-state index in [1.165, 1.54) is 24.2 Å². The van der Waals surface area contributed by atoms with Crippen LogP contribution in [-0.4, -0.2) is 53.2 Å². The molecule has 9 heteroatoms. The van der Waals surface area contributed by atoms with Gasteiger partial charge in [0, 0.05) is 36.1 Å². The summed E-state index contributed by atoms with van der Waals surface area (Å²) in [6.07, 6.45) is 8.78. The van der Waals surface area contributed by atoms with Crippen molar-refractivity contribution in [2.24, 2.45) is 0 Å². The molecule has 1 aliphatic heterocycles. The number of nitrogens with one attached hydrogen (secondary N) is 2. The van der Waals surface area contributed by atoms with Gasteiger partial charge in [-0.2, -0.15) is 0 Å². The van der Waals surface area contributed by atoms with Crippen LogP contribution in [0.2, 0.25) is 0 Å². The third-order valence-electron chi connectivity index (χ3n) is 5.69. The van der Waals surface area contributed by atoms with Crippen molar-refractivity contribution in [1.82, 2.24) is 15.5 Å². The van der Waals surface area contributed by atoms with Crippen LogP contribution in [0.1, 0.15) is 55.3 Å². The molecule has 0 aromatic heterocycles. The van der Waals surface area contributed by atoms with Crippen LogP contribution in [0.3, 0.4) is 0 Å². The second-order valence-corrected chi connectivity index (χ2v) is 8.54. The van der Waals surface area contributed by atoms with Crippen LogP contribution in [0.15, 0.2) is 23.1 Å². The SMILES string of the molecule is CSc1ccc([N+](=O)[O-])c(C(=O)N2CCC(NC(=O)NC3CCCCC3)CC2)c1. The monoisotopic (exact) mass is 420 g/mol. The number of carbonyl (C=O) groups is 2. The summed E-state index contributed by atoms with van der Waals surface area (Å²) in [5, 5.41) is 17.4. The fourth-order valence-electron chi connectivity index (χ4n) is 4.03. The van der Waals surface area contributed by atoms with Gasteiger partial charge < -0.3 is 15.5 Å². The first kappa shape index (κ1) is 21.4. The van der Waals surface area contributed by atoms with Crippen molar-refractivity contribution in [2.45, 2.75) is 61.9 Å². The molecule has 0 unspecified atom stereocenters. The second-order valence-electron chi connectivity index (χ2n) is 7.66. The lowest BCUT2D eigenvalue weighted by atomic mass is 9.96. The van der Waals surface area contributed by atoms with Gasteiger partial charge in [-0.15, -0.1) is 11.8 Å². The summed E-state index contributed by atoms with van der Waals surface area (Å²) in [5.41, 5.74) is -0.0387. The number of piperidine rings is 1. The number of nitro groups is 1. The maximum absolute atomic E-state index is 12.9. The van der Waals surface area contributed by atoms with Gasteiger partial charge in [0.2, 0.25) is 0 Å². The maximum Gasteiger partial charge on any atom is 0.315 e. The molecule has 1 aromatic carbocycles. The second kappa shape index (κ2) is 9.96. The minimum absolute atomic E-state index is 0.00941. The van der Waals surface area contributed by atoms with Crippen molar-refractivity contribution in [3.05, 3.63) is 33.9 Å². The molecule has 1 aliphatic carbocycles. The zero-order valence-electron chi connectivity index (χ0n) is 16.7. The zero-order chi connectivity index (χ0) is 20.8. The highest BCUT2D eigenvalue weighted by atomic mass is 32.2. The lowest BCUT2D eigenvalue weighted by molar-refractivity contribution is -0.385. The van der Waals surface area contributed by atoms with Crippen molar-refractivity contribution in [3.8, 4) is 0 Å². The first-order valence-electron chi connectivity index (χ1n) is 10.2. The summed E-state index contributed by atoms with van der Waals surface area (Å²) in [4.78, 5) is 38.4. The third-order valence-corrected chi connectivity index (χ3v) is 6.41. The van der Waals surface area contributed by atoms with Crippen LogP contribution in [0.25, 0.3) is 0 Å². The molecule has 1 aromatic rings. The van der Waals surface area contributed by atoms with Gasteiger partial charge in [0.1, 0.15) is 5.56 Å². The van der Waals surface area contributed by atoms with Gasteiger partial charge >= 0.3 is 6.03 Å². The van der Waals surface area contributed by atoms with Crippen LogP contribution >= 0.6 is 11.8 Å². The molecule has 2 N–H and O–H groups in total. The molecule has 3 amide bonds. The quantitative estimate of drug-likeness (QED) is 0.431. The van der Waals surface area contributed by atoms with Crippen LogP contribution < -0.4 is 10.6 Å². The van der Waals surface area contributed by atoms with E-state index >= 15 is 0 Å². The zero-order valence-corrected chi connectivity index (χ0v) is 17.5. The molecule has 3 rings (SSSR count). The topological polar surface area (TPSA) is 105 Å². The summed E-state index contributed by atoms with van der Waals surface area (Å²) < 4.78 is 0. The highest BCUT2D eigenvalue weighted by molar-refractivity contribution is 7.98. The van der Waals surface area contributed by atoms with Gasteiger partial charge in [-0.3, -0.25) is 14.9 Å². The average molecular weight is 421 g/mol. The average Bonchev–Trinajstić information content (AvgIpc) is 2.74. The summed E-state index contributed by atoms with van der Waals surface area (Å²) >= 11 is 1.44. The Bertz CT molecular complexity index is 759. The highest BCUT2D eigenvalue weighted by Gasteiger charge is 2.29. The Labute approximate surface area is 174 Å². The van der Waals surface area contributed by atoms with Crippen LogP contribution in [-0.2, 0) is 0 Å². The molecule has 0 atom stereocenters. The normalized spacial score (nSPS) is 18.3. The van der Waals surface area contributed by atoms with Crippen molar-refractivity contribution in [1.29, 1.82) is 0 Å². The molecule has 2 aliphatic rings. The van der Waals surface area contributed by atoms with E-state index in [1.807, 2.05) is 6.26 Å². The van der Waals surface area contributed by atoms with Gasteiger partial charge in [-0.05, 0) is 44.1 Å². The van der Waals surface area contributed by atoms with E-state index in [0.717, 1.165) is 30.6 Å². The molecule has 29 heavy (non-hydrogen) atoms. The van der Waals surface area contributed by atoms with E-state index in [-0.39, 0.29) is 35.3 Å². The predicted octanol–water partition coefficient (Wildman–Crippen LogP) is 3.55. The largest absolute Gasteiger partial charge is 0.338 e. The van der Waals surface area contributed by atoms with Gasteiger partial charge in [0.15, 0.2) is 0 Å². The standard InChI is InChI=1S/C20H28N4O4S/c1-29-16-7-8-18(24(27)28)17(13-16)19(25)23-11-9-15(10-12-23)22-20(26)21-14-5-3-2-4-6-14/h7-8,13-15H,2-6,9-12H2,1H3,(H2,21,22,26). The number of nitro benzene ring substituents is 1. The molecular formula is C20H28N4O4S. The fourth-order valence-corrected chi connectivity index (χ4v) is 4.47. The summed E-state index contributed by atoms with van der Waals surface area (Å²) in [7, 11) is 0. The minimum atomic E-state index is -0.513. The van der Waals surface area contributed by atoms with E-state index < -0.39 is 4.92 Å². The van der Waals surface area contributed by atoms with Crippen LogP contribution in [0.4, 0.5) is 10.5 Å². The summed E-state index contributed by atoms with van der Waals surface area (Å²) in [6.45, 7) is 0.932. The fraction of sp³-hybridized carbons (Fsp3) is 0.600. The van der Waals surface area contributed by atoms with E-state index in [9.17, 15) is 19.7 Å². The number of hydrogen-bond acceptors (Lipinski definition) is 5. The number of amides is 3. The first-order chi connectivity index (χ1) is 14.0. The Morgan fingerprint density at radius 3 is 2.28 bits per heavy atom. The van der Waals surface area contributed by atoms with Gasteiger partial charge in [0.05, 0.1) is 4.92 Å². The van der Waals surface area contributed by atoms with Gasteiger partial charge in [0.25, 0.3) is 11.6 Å². The molecular weight excluding hydrogens is 392 g/mol. The van der Waals surface area contributed by atoms with E-state index in [0.29, 0.717) is 25.9 Å². The molecule has 8 nitrogen and oxygen atoms in total. The van der Waals surface area contributed by atoms with Crippen molar-refractivity contribution in [3.63, 3.8) is 0 Å². The Morgan fingerprint density at radius 1 is 1.07 bits per heavy atom. The van der Waals surface area contributed by atoms with Crippen LogP contribution in [0.5, 0.6) is 0 Å². The molecule has 0 bridgehead atoms. The molecule has 158 valence electrons. The number of likely N-dealkylation sites (tertiary alicyclic amines) is 1. The van der Waals surface area contributed by atoms with Crippen molar-refractivity contribution < 1.29 is 14.5 Å². The number of carbonyl (C=O) groups excluding carboxylic acids is 2.